The Bertz CT molecular complexity index is 628. The summed E-state index contributed by atoms with van der Waals surface area (Å²) in [5, 5.41) is 3.33. The van der Waals surface area contributed by atoms with E-state index in [4.69, 9.17) is 0 Å². The van der Waals surface area contributed by atoms with Crippen molar-refractivity contribution in [2.24, 2.45) is 0 Å². The monoisotopic (exact) mass is 268 g/mol. The van der Waals surface area contributed by atoms with E-state index >= 15 is 0 Å². The molecule has 1 aliphatic rings. The topological polar surface area (TPSA) is 34.0 Å². The zero-order chi connectivity index (χ0) is 13.9. The highest BCUT2D eigenvalue weighted by molar-refractivity contribution is 5.80. The summed E-state index contributed by atoms with van der Waals surface area (Å²) in [6.45, 7) is 3.94. The zero-order valence-electron chi connectivity index (χ0n) is 11.9. The van der Waals surface area contributed by atoms with Gasteiger partial charge < -0.3 is 5.32 Å². The van der Waals surface area contributed by atoms with Gasteiger partial charge in [0.05, 0.1) is 0 Å². The summed E-state index contributed by atoms with van der Waals surface area (Å²) in [7, 11) is 0. The SMILES string of the molecule is Cc1ccccc1CCC(=O)n1ccc2c1CCNC2. The summed E-state index contributed by atoms with van der Waals surface area (Å²) in [5.74, 6) is 0.205. The Morgan fingerprint density at radius 3 is 3.00 bits per heavy atom. The van der Waals surface area contributed by atoms with Crippen LogP contribution in [0.1, 0.15) is 33.6 Å². The number of nitrogens with one attached hydrogen (secondary N) is 1. The van der Waals surface area contributed by atoms with Crippen LogP contribution in [-0.2, 0) is 19.4 Å². The van der Waals surface area contributed by atoms with Crippen molar-refractivity contribution >= 4 is 5.91 Å². The summed E-state index contributed by atoms with van der Waals surface area (Å²) in [6.07, 6.45) is 4.26. The number of carbonyl (C=O) groups excluding carboxylic acids is 1. The van der Waals surface area contributed by atoms with Gasteiger partial charge in [-0.3, -0.25) is 9.36 Å². The first-order chi connectivity index (χ1) is 9.75. The number of aryl methyl sites for hydroxylation is 2. The maximum atomic E-state index is 12.4. The van der Waals surface area contributed by atoms with E-state index in [9.17, 15) is 4.79 Å². The molecule has 3 nitrogen and oxygen atoms in total. The molecule has 0 radical (unpaired) electrons. The fourth-order valence-corrected chi connectivity index (χ4v) is 2.86. The highest BCUT2D eigenvalue weighted by Crippen LogP contribution is 2.17. The van der Waals surface area contributed by atoms with Crippen molar-refractivity contribution in [1.29, 1.82) is 0 Å². The lowest BCUT2D eigenvalue weighted by Crippen LogP contribution is -2.26. The first kappa shape index (κ1) is 13.1. The van der Waals surface area contributed by atoms with Crippen LogP contribution in [0, 0.1) is 6.92 Å². The number of hydrogen-bond donors (Lipinski definition) is 1. The van der Waals surface area contributed by atoms with Crippen molar-refractivity contribution in [1.82, 2.24) is 9.88 Å². The van der Waals surface area contributed by atoms with Crippen molar-refractivity contribution in [2.75, 3.05) is 6.54 Å². The number of hydrogen-bond acceptors (Lipinski definition) is 2. The smallest absolute Gasteiger partial charge is 0.231 e. The minimum atomic E-state index is 0.205. The standard InChI is InChI=1S/C17H20N2O/c1-13-4-2-3-5-14(13)6-7-17(20)19-11-9-15-12-18-10-8-16(15)19/h2-5,9,11,18H,6-8,10,12H2,1H3. The van der Waals surface area contributed by atoms with E-state index in [2.05, 4.69) is 30.4 Å². The number of nitrogens with zero attached hydrogens (tertiary/aromatic N) is 1. The third-order valence-electron chi connectivity index (χ3n) is 4.08. The molecule has 104 valence electrons. The lowest BCUT2D eigenvalue weighted by molar-refractivity contribution is 0.0899. The minimum absolute atomic E-state index is 0.205. The Morgan fingerprint density at radius 1 is 1.30 bits per heavy atom. The van der Waals surface area contributed by atoms with Crippen LogP contribution in [0.25, 0.3) is 0 Å². The van der Waals surface area contributed by atoms with E-state index in [0.717, 1.165) is 25.9 Å². The van der Waals surface area contributed by atoms with Gasteiger partial charge in [-0.05, 0) is 36.1 Å². The van der Waals surface area contributed by atoms with Gasteiger partial charge in [-0.2, -0.15) is 0 Å². The van der Waals surface area contributed by atoms with Crippen molar-refractivity contribution in [3.63, 3.8) is 0 Å². The van der Waals surface area contributed by atoms with Crippen molar-refractivity contribution in [3.8, 4) is 0 Å². The molecular weight excluding hydrogens is 248 g/mol. The molecule has 0 atom stereocenters. The van der Waals surface area contributed by atoms with Crippen LogP contribution in [-0.4, -0.2) is 17.0 Å². The molecular formula is C17H20N2O. The molecule has 3 heteroatoms. The molecule has 2 heterocycles. The summed E-state index contributed by atoms with van der Waals surface area (Å²) in [5.41, 5.74) is 4.99. The molecule has 0 fully saturated rings. The third kappa shape index (κ3) is 2.54. The summed E-state index contributed by atoms with van der Waals surface area (Å²) in [6, 6.07) is 10.3. The molecule has 20 heavy (non-hydrogen) atoms. The van der Waals surface area contributed by atoms with Crippen LogP contribution in [0.5, 0.6) is 0 Å². The molecule has 1 aromatic heterocycles. The van der Waals surface area contributed by atoms with E-state index < -0.39 is 0 Å². The van der Waals surface area contributed by atoms with E-state index in [1.165, 1.54) is 22.4 Å². The number of fused-ring (bicyclic) bond motifs is 1. The molecule has 0 bridgehead atoms. The molecule has 1 N–H and O–H groups in total. The lowest BCUT2D eigenvalue weighted by Gasteiger charge is -2.16. The average molecular weight is 268 g/mol. The van der Waals surface area contributed by atoms with Gasteiger partial charge in [-0.15, -0.1) is 0 Å². The second-order valence-electron chi connectivity index (χ2n) is 5.40. The summed E-state index contributed by atoms with van der Waals surface area (Å²) >= 11 is 0. The number of carbonyl (C=O) groups is 1. The molecule has 2 aromatic rings. The second kappa shape index (κ2) is 5.63. The lowest BCUT2D eigenvalue weighted by atomic mass is 10.0. The van der Waals surface area contributed by atoms with Crippen LogP contribution in [0.15, 0.2) is 36.5 Å². The Morgan fingerprint density at radius 2 is 2.15 bits per heavy atom. The van der Waals surface area contributed by atoms with Gasteiger partial charge in [0.2, 0.25) is 5.91 Å². The zero-order valence-corrected chi connectivity index (χ0v) is 11.9. The maximum Gasteiger partial charge on any atom is 0.231 e. The van der Waals surface area contributed by atoms with Gasteiger partial charge in [-0.1, -0.05) is 24.3 Å². The normalized spacial score (nSPS) is 14.1. The molecule has 0 unspecified atom stereocenters. The Labute approximate surface area is 119 Å². The first-order valence-corrected chi connectivity index (χ1v) is 7.23. The second-order valence-corrected chi connectivity index (χ2v) is 5.40. The fourth-order valence-electron chi connectivity index (χ4n) is 2.86. The van der Waals surface area contributed by atoms with E-state index in [0.29, 0.717) is 6.42 Å². The quantitative estimate of drug-likeness (QED) is 0.928. The van der Waals surface area contributed by atoms with Gasteiger partial charge in [0, 0.05) is 37.8 Å². The van der Waals surface area contributed by atoms with E-state index in [1.807, 2.05) is 22.9 Å². The van der Waals surface area contributed by atoms with Crippen LogP contribution in [0.3, 0.4) is 0 Å². The minimum Gasteiger partial charge on any atom is -0.312 e. The van der Waals surface area contributed by atoms with Crippen LogP contribution < -0.4 is 5.32 Å². The van der Waals surface area contributed by atoms with Gasteiger partial charge in [0.15, 0.2) is 0 Å². The third-order valence-corrected chi connectivity index (χ3v) is 4.08. The molecule has 1 aromatic carbocycles. The molecule has 3 rings (SSSR count). The van der Waals surface area contributed by atoms with Crippen LogP contribution in [0.4, 0.5) is 0 Å². The first-order valence-electron chi connectivity index (χ1n) is 7.23. The van der Waals surface area contributed by atoms with E-state index in [1.54, 1.807) is 0 Å². The van der Waals surface area contributed by atoms with Crippen LogP contribution in [0.2, 0.25) is 0 Å². The van der Waals surface area contributed by atoms with Gasteiger partial charge in [-0.25, -0.2) is 0 Å². The maximum absolute atomic E-state index is 12.4. The molecule has 0 saturated carbocycles. The molecule has 0 amide bonds. The average Bonchev–Trinajstić information content (AvgIpc) is 2.90. The highest BCUT2D eigenvalue weighted by atomic mass is 16.2. The summed E-state index contributed by atoms with van der Waals surface area (Å²) < 4.78 is 1.86. The predicted molar refractivity (Wildman–Crippen MR) is 80.0 cm³/mol. The van der Waals surface area contributed by atoms with Crippen LogP contribution >= 0.6 is 0 Å². The number of rotatable bonds is 3. The fraction of sp³-hybridized carbons (Fsp3) is 0.353. The molecule has 0 aliphatic carbocycles. The Kier molecular flexibility index (Phi) is 3.70. The summed E-state index contributed by atoms with van der Waals surface area (Å²) in [4.78, 5) is 12.4. The Balaban J connectivity index is 1.71. The van der Waals surface area contributed by atoms with Crippen molar-refractivity contribution in [2.45, 2.75) is 32.7 Å². The number of aromatic nitrogens is 1. The number of benzene rings is 1. The van der Waals surface area contributed by atoms with E-state index in [-0.39, 0.29) is 5.91 Å². The van der Waals surface area contributed by atoms with Gasteiger partial charge >= 0.3 is 0 Å². The molecule has 0 spiro atoms. The van der Waals surface area contributed by atoms with Crippen molar-refractivity contribution < 1.29 is 4.79 Å². The molecule has 0 saturated heterocycles. The Hall–Kier alpha value is -1.87. The highest BCUT2D eigenvalue weighted by Gasteiger charge is 2.17. The van der Waals surface area contributed by atoms with Crippen molar-refractivity contribution in [3.05, 3.63) is 58.9 Å². The predicted octanol–water partition coefficient (Wildman–Crippen LogP) is 2.72. The molecule has 1 aliphatic heterocycles. The van der Waals surface area contributed by atoms with Gasteiger partial charge in [0.1, 0.15) is 0 Å². The largest absolute Gasteiger partial charge is 0.312 e. The van der Waals surface area contributed by atoms with Gasteiger partial charge in [0.25, 0.3) is 0 Å².